The highest BCUT2D eigenvalue weighted by atomic mass is 19.1. The zero-order valence-corrected chi connectivity index (χ0v) is 10.1. The predicted octanol–water partition coefficient (Wildman–Crippen LogP) is 2.20. The Bertz CT molecular complexity index is 597. The minimum absolute atomic E-state index is 0.117. The van der Waals surface area contributed by atoms with Gasteiger partial charge in [-0.1, -0.05) is 5.16 Å². The number of carboxylic acid groups (broad SMARTS) is 1. The lowest BCUT2D eigenvalue weighted by molar-refractivity contribution is 0.0686. The third kappa shape index (κ3) is 2.35. The minimum Gasteiger partial charge on any atom is -0.496 e. The zero-order chi connectivity index (χ0) is 14.0. The van der Waals surface area contributed by atoms with E-state index in [1.54, 1.807) is 0 Å². The summed E-state index contributed by atoms with van der Waals surface area (Å²) in [5.74, 6) is -1.34. The Labute approximate surface area is 107 Å². The van der Waals surface area contributed by atoms with E-state index in [2.05, 4.69) is 5.16 Å². The van der Waals surface area contributed by atoms with E-state index >= 15 is 0 Å². The first-order valence-electron chi connectivity index (χ1n) is 5.18. The molecule has 0 bridgehead atoms. The van der Waals surface area contributed by atoms with E-state index < -0.39 is 11.8 Å². The second-order valence-corrected chi connectivity index (χ2v) is 3.57. The van der Waals surface area contributed by atoms with Crippen LogP contribution < -0.4 is 9.47 Å². The zero-order valence-electron chi connectivity index (χ0n) is 10.1. The minimum atomic E-state index is -1.23. The van der Waals surface area contributed by atoms with E-state index in [9.17, 15) is 9.18 Å². The molecule has 0 saturated heterocycles. The molecule has 7 heteroatoms. The van der Waals surface area contributed by atoms with Crippen molar-refractivity contribution in [3.05, 3.63) is 29.7 Å². The molecule has 19 heavy (non-hydrogen) atoms. The monoisotopic (exact) mass is 267 g/mol. The van der Waals surface area contributed by atoms with E-state index in [1.165, 1.54) is 20.3 Å². The fourth-order valence-electron chi connectivity index (χ4n) is 1.62. The molecule has 0 unspecified atom stereocenters. The van der Waals surface area contributed by atoms with Crippen LogP contribution in [0, 0.1) is 5.82 Å². The third-order valence-corrected chi connectivity index (χ3v) is 2.45. The number of hydrogen-bond donors (Lipinski definition) is 1. The molecule has 100 valence electrons. The van der Waals surface area contributed by atoms with Crippen LogP contribution in [0.1, 0.15) is 10.5 Å². The summed E-state index contributed by atoms with van der Waals surface area (Å²) in [6.07, 6.45) is 0. The number of carbonyl (C=O) groups is 1. The third-order valence-electron chi connectivity index (χ3n) is 2.45. The lowest BCUT2D eigenvalue weighted by Crippen LogP contribution is -1.95. The van der Waals surface area contributed by atoms with Gasteiger partial charge in [0.25, 0.3) is 0 Å². The first-order valence-corrected chi connectivity index (χ1v) is 5.18. The molecule has 0 fully saturated rings. The average molecular weight is 267 g/mol. The number of methoxy groups -OCH3 is 2. The van der Waals surface area contributed by atoms with Crippen molar-refractivity contribution in [1.82, 2.24) is 5.16 Å². The van der Waals surface area contributed by atoms with E-state index in [4.69, 9.17) is 19.1 Å². The highest BCUT2D eigenvalue weighted by molar-refractivity contribution is 5.87. The van der Waals surface area contributed by atoms with Crippen molar-refractivity contribution in [1.29, 1.82) is 0 Å². The average Bonchev–Trinajstić information content (AvgIpc) is 2.86. The molecule has 6 nitrogen and oxygen atoms in total. The normalized spacial score (nSPS) is 10.3. The van der Waals surface area contributed by atoms with Crippen molar-refractivity contribution in [3.8, 4) is 22.8 Å². The van der Waals surface area contributed by atoms with Crippen molar-refractivity contribution in [2.45, 2.75) is 0 Å². The van der Waals surface area contributed by atoms with Crippen LogP contribution in [-0.2, 0) is 0 Å². The summed E-state index contributed by atoms with van der Waals surface area (Å²) in [6.45, 7) is 0. The van der Waals surface area contributed by atoms with Crippen molar-refractivity contribution in [2.24, 2.45) is 0 Å². The molecule has 0 aliphatic carbocycles. The van der Waals surface area contributed by atoms with Crippen LogP contribution in [0.25, 0.3) is 11.3 Å². The lowest BCUT2D eigenvalue weighted by atomic mass is 10.1. The van der Waals surface area contributed by atoms with Gasteiger partial charge in [0.05, 0.1) is 14.2 Å². The maximum atomic E-state index is 13.3. The van der Waals surface area contributed by atoms with Gasteiger partial charge in [-0.15, -0.1) is 0 Å². The molecular weight excluding hydrogens is 257 g/mol. The molecule has 0 amide bonds. The smallest absolute Gasteiger partial charge is 0.358 e. The predicted molar refractivity (Wildman–Crippen MR) is 62.0 cm³/mol. The first kappa shape index (κ1) is 12.9. The molecule has 0 saturated carbocycles. The number of carboxylic acids is 1. The molecule has 1 heterocycles. The molecule has 1 aromatic heterocycles. The van der Waals surface area contributed by atoms with Crippen LogP contribution in [0.15, 0.2) is 22.7 Å². The van der Waals surface area contributed by atoms with Crippen LogP contribution in [0.5, 0.6) is 11.5 Å². The Hall–Kier alpha value is -2.57. The Morgan fingerprint density at radius 3 is 2.26 bits per heavy atom. The standard InChI is InChI=1S/C12H10FNO5/c1-17-8-3-6(13)4-9(18-2)11(8)10-5-7(12(15)16)14-19-10/h3-5H,1-2H3,(H,15,16). The lowest BCUT2D eigenvalue weighted by Gasteiger charge is -2.10. The Balaban J connectivity index is 2.61. The highest BCUT2D eigenvalue weighted by Gasteiger charge is 2.20. The van der Waals surface area contributed by atoms with Crippen molar-refractivity contribution < 1.29 is 28.3 Å². The summed E-state index contributed by atoms with van der Waals surface area (Å²) >= 11 is 0. The van der Waals surface area contributed by atoms with Gasteiger partial charge >= 0.3 is 5.97 Å². The number of aromatic carboxylic acids is 1. The summed E-state index contributed by atoms with van der Waals surface area (Å²) in [5.41, 5.74) is 0.0369. The maximum Gasteiger partial charge on any atom is 0.358 e. The topological polar surface area (TPSA) is 81.8 Å². The Kier molecular flexibility index (Phi) is 3.37. The quantitative estimate of drug-likeness (QED) is 0.914. The number of halogens is 1. The van der Waals surface area contributed by atoms with Gasteiger partial charge in [-0.05, 0) is 0 Å². The van der Waals surface area contributed by atoms with Crippen LogP contribution in [-0.4, -0.2) is 30.5 Å². The number of benzene rings is 1. The second-order valence-electron chi connectivity index (χ2n) is 3.57. The van der Waals surface area contributed by atoms with Gasteiger partial charge in [-0.2, -0.15) is 0 Å². The molecule has 2 rings (SSSR count). The van der Waals surface area contributed by atoms with Crippen LogP contribution in [0.3, 0.4) is 0 Å². The van der Waals surface area contributed by atoms with Gasteiger partial charge in [0.15, 0.2) is 11.5 Å². The molecule has 0 aliphatic rings. The number of ether oxygens (including phenoxy) is 2. The molecule has 0 aliphatic heterocycles. The Morgan fingerprint density at radius 2 is 1.84 bits per heavy atom. The fourth-order valence-corrected chi connectivity index (χ4v) is 1.62. The van der Waals surface area contributed by atoms with E-state index in [0.717, 1.165) is 12.1 Å². The summed E-state index contributed by atoms with van der Waals surface area (Å²) in [4.78, 5) is 10.8. The van der Waals surface area contributed by atoms with Crippen molar-refractivity contribution >= 4 is 5.97 Å². The Morgan fingerprint density at radius 1 is 1.26 bits per heavy atom. The number of nitrogens with zero attached hydrogens (tertiary/aromatic N) is 1. The highest BCUT2D eigenvalue weighted by Crippen LogP contribution is 2.39. The number of aromatic nitrogens is 1. The van der Waals surface area contributed by atoms with E-state index in [0.29, 0.717) is 5.56 Å². The van der Waals surface area contributed by atoms with Crippen LogP contribution in [0.2, 0.25) is 0 Å². The second kappa shape index (κ2) is 4.97. The molecule has 0 radical (unpaired) electrons. The number of rotatable bonds is 4. The van der Waals surface area contributed by atoms with Crippen LogP contribution >= 0.6 is 0 Å². The van der Waals surface area contributed by atoms with Gasteiger partial charge in [-0.25, -0.2) is 9.18 Å². The molecule has 0 atom stereocenters. The van der Waals surface area contributed by atoms with Gasteiger partial charge in [0.1, 0.15) is 22.9 Å². The molecule has 0 spiro atoms. The molecular formula is C12H10FNO5. The van der Waals surface area contributed by atoms with Gasteiger partial charge in [0, 0.05) is 18.2 Å². The van der Waals surface area contributed by atoms with Gasteiger partial charge in [0.2, 0.25) is 0 Å². The van der Waals surface area contributed by atoms with Gasteiger partial charge in [-0.3, -0.25) is 0 Å². The summed E-state index contributed by atoms with van der Waals surface area (Å²) in [5, 5.41) is 12.2. The van der Waals surface area contributed by atoms with Crippen molar-refractivity contribution in [3.63, 3.8) is 0 Å². The fraction of sp³-hybridized carbons (Fsp3) is 0.167. The van der Waals surface area contributed by atoms with E-state index in [1.807, 2.05) is 0 Å². The molecule has 1 N–H and O–H groups in total. The SMILES string of the molecule is COc1cc(F)cc(OC)c1-c1cc(C(=O)O)no1. The number of hydrogen-bond acceptors (Lipinski definition) is 5. The molecule has 1 aromatic carbocycles. The summed E-state index contributed by atoms with van der Waals surface area (Å²) in [6, 6.07) is 3.49. The van der Waals surface area contributed by atoms with Crippen molar-refractivity contribution in [2.75, 3.05) is 14.2 Å². The van der Waals surface area contributed by atoms with Crippen LogP contribution in [0.4, 0.5) is 4.39 Å². The summed E-state index contributed by atoms with van der Waals surface area (Å²) < 4.78 is 28.3. The van der Waals surface area contributed by atoms with E-state index in [-0.39, 0.29) is 23.0 Å². The first-order chi connectivity index (χ1) is 9.06. The largest absolute Gasteiger partial charge is 0.496 e. The molecule has 2 aromatic rings. The maximum absolute atomic E-state index is 13.3. The van der Waals surface area contributed by atoms with Gasteiger partial charge < -0.3 is 19.1 Å². The summed E-state index contributed by atoms with van der Waals surface area (Å²) in [7, 11) is 2.71.